The van der Waals surface area contributed by atoms with Crippen LogP contribution in [0.15, 0.2) is 0 Å². The summed E-state index contributed by atoms with van der Waals surface area (Å²) in [6.07, 6.45) is 2.24. The van der Waals surface area contributed by atoms with Crippen molar-refractivity contribution in [2.75, 3.05) is 26.2 Å². The number of nitrogens with one attached hydrogen (secondary N) is 2. The Hall–Kier alpha value is -1.10. The summed E-state index contributed by atoms with van der Waals surface area (Å²) in [7, 11) is 0. The largest absolute Gasteiger partial charge is 0.355 e. The highest BCUT2D eigenvalue weighted by Gasteiger charge is 2.30. The van der Waals surface area contributed by atoms with Gasteiger partial charge in [-0.3, -0.25) is 14.9 Å². The number of likely N-dealkylation sites (N-methyl/N-ethyl adjacent to an activating group) is 2. The molecular weight excluding hydrogens is 206 g/mol. The van der Waals surface area contributed by atoms with Crippen molar-refractivity contribution >= 4 is 11.8 Å². The van der Waals surface area contributed by atoms with Crippen LogP contribution >= 0.6 is 0 Å². The third-order valence-corrected chi connectivity index (χ3v) is 2.58. The molecule has 0 radical (unpaired) electrons. The molecule has 0 aromatic rings. The van der Waals surface area contributed by atoms with Crippen molar-refractivity contribution in [3.05, 3.63) is 0 Å². The topological polar surface area (TPSA) is 61.4 Å². The second-order valence-corrected chi connectivity index (χ2v) is 3.97. The molecule has 5 heteroatoms. The Balaban J connectivity index is 2.16. The maximum Gasteiger partial charge on any atom is 0.236 e. The molecule has 1 saturated carbocycles. The van der Waals surface area contributed by atoms with Crippen LogP contribution in [-0.4, -0.2) is 48.9 Å². The molecule has 5 nitrogen and oxygen atoms in total. The SMILES string of the molecule is CCNC(=O)CNCC(=O)N(CC)C1CC1. The van der Waals surface area contributed by atoms with E-state index < -0.39 is 0 Å². The van der Waals surface area contributed by atoms with E-state index in [1.807, 2.05) is 18.7 Å². The molecule has 0 unspecified atom stereocenters. The first-order chi connectivity index (χ1) is 7.69. The van der Waals surface area contributed by atoms with Crippen LogP contribution in [0.1, 0.15) is 26.7 Å². The molecule has 92 valence electrons. The van der Waals surface area contributed by atoms with Crippen LogP contribution in [0.25, 0.3) is 0 Å². The van der Waals surface area contributed by atoms with Crippen molar-refractivity contribution < 1.29 is 9.59 Å². The standard InChI is InChI=1S/C11H21N3O2/c1-3-13-10(15)7-12-8-11(16)14(4-2)9-5-6-9/h9,12H,3-8H2,1-2H3,(H,13,15). The Morgan fingerprint density at radius 2 is 1.94 bits per heavy atom. The van der Waals surface area contributed by atoms with E-state index in [-0.39, 0.29) is 24.9 Å². The zero-order valence-corrected chi connectivity index (χ0v) is 10.1. The minimum absolute atomic E-state index is 0.0650. The summed E-state index contributed by atoms with van der Waals surface area (Å²) in [6, 6.07) is 0.448. The Kier molecular flexibility index (Phi) is 5.25. The number of carbonyl (C=O) groups excluding carboxylic acids is 2. The molecule has 0 saturated heterocycles. The highest BCUT2D eigenvalue weighted by molar-refractivity contribution is 5.81. The fourth-order valence-electron chi connectivity index (χ4n) is 1.67. The molecular formula is C11H21N3O2. The first-order valence-corrected chi connectivity index (χ1v) is 5.95. The molecule has 1 aliphatic rings. The molecule has 1 rings (SSSR count). The summed E-state index contributed by atoms with van der Waals surface area (Å²) in [5.74, 6) is 0.0269. The van der Waals surface area contributed by atoms with Gasteiger partial charge in [-0.2, -0.15) is 0 Å². The second-order valence-electron chi connectivity index (χ2n) is 3.97. The van der Waals surface area contributed by atoms with Gasteiger partial charge < -0.3 is 10.2 Å². The van der Waals surface area contributed by atoms with Crippen molar-refractivity contribution in [2.24, 2.45) is 0 Å². The molecule has 2 N–H and O–H groups in total. The Labute approximate surface area is 96.6 Å². The van der Waals surface area contributed by atoms with Crippen molar-refractivity contribution in [1.82, 2.24) is 15.5 Å². The average Bonchev–Trinajstić information content (AvgIpc) is 3.03. The first kappa shape index (κ1) is 13.0. The van der Waals surface area contributed by atoms with Crippen molar-refractivity contribution in [3.8, 4) is 0 Å². The monoisotopic (exact) mass is 227 g/mol. The predicted molar refractivity (Wildman–Crippen MR) is 62.0 cm³/mol. The summed E-state index contributed by atoms with van der Waals surface area (Å²) in [4.78, 5) is 24.7. The molecule has 1 fully saturated rings. The van der Waals surface area contributed by atoms with Crippen molar-refractivity contribution in [1.29, 1.82) is 0 Å². The van der Waals surface area contributed by atoms with Crippen LogP contribution in [0.3, 0.4) is 0 Å². The maximum absolute atomic E-state index is 11.7. The minimum Gasteiger partial charge on any atom is -0.355 e. The smallest absolute Gasteiger partial charge is 0.236 e. The molecule has 0 heterocycles. The van der Waals surface area contributed by atoms with Gasteiger partial charge in [-0.15, -0.1) is 0 Å². The Morgan fingerprint density at radius 1 is 1.25 bits per heavy atom. The van der Waals surface area contributed by atoms with Gasteiger partial charge >= 0.3 is 0 Å². The molecule has 16 heavy (non-hydrogen) atoms. The number of hydrogen-bond acceptors (Lipinski definition) is 3. The lowest BCUT2D eigenvalue weighted by atomic mass is 10.4. The van der Waals surface area contributed by atoms with E-state index in [0.29, 0.717) is 12.6 Å². The van der Waals surface area contributed by atoms with E-state index in [1.165, 1.54) is 0 Å². The number of carbonyl (C=O) groups is 2. The molecule has 0 aliphatic heterocycles. The summed E-state index contributed by atoms with van der Waals surface area (Å²) in [5, 5.41) is 5.54. The highest BCUT2D eigenvalue weighted by atomic mass is 16.2. The third kappa shape index (κ3) is 4.18. The molecule has 0 atom stereocenters. The lowest BCUT2D eigenvalue weighted by Crippen LogP contribution is -2.42. The first-order valence-electron chi connectivity index (χ1n) is 5.95. The molecule has 1 aliphatic carbocycles. The third-order valence-electron chi connectivity index (χ3n) is 2.58. The zero-order chi connectivity index (χ0) is 12.0. The summed E-state index contributed by atoms with van der Waals surface area (Å²) >= 11 is 0. The second kappa shape index (κ2) is 6.48. The van der Waals surface area contributed by atoms with E-state index in [4.69, 9.17) is 0 Å². The van der Waals surface area contributed by atoms with Gasteiger partial charge in [0.2, 0.25) is 11.8 Å². The molecule has 0 bridgehead atoms. The molecule has 2 amide bonds. The van der Waals surface area contributed by atoms with Gasteiger partial charge in [-0.05, 0) is 26.7 Å². The van der Waals surface area contributed by atoms with Crippen LogP contribution in [0.5, 0.6) is 0 Å². The Morgan fingerprint density at radius 3 is 2.44 bits per heavy atom. The van der Waals surface area contributed by atoms with Gasteiger partial charge in [0.15, 0.2) is 0 Å². The van der Waals surface area contributed by atoms with Crippen LogP contribution in [0, 0.1) is 0 Å². The van der Waals surface area contributed by atoms with E-state index in [9.17, 15) is 9.59 Å². The van der Waals surface area contributed by atoms with Gasteiger partial charge in [-0.1, -0.05) is 0 Å². The van der Waals surface area contributed by atoms with Crippen molar-refractivity contribution in [2.45, 2.75) is 32.7 Å². The molecule has 0 spiro atoms. The summed E-state index contributed by atoms with van der Waals surface area (Å²) in [6.45, 7) is 5.70. The zero-order valence-electron chi connectivity index (χ0n) is 10.1. The molecule has 0 aromatic heterocycles. The van der Waals surface area contributed by atoms with Gasteiger partial charge in [0, 0.05) is 19.1 Å². The van der Waals surface area contributed by atoms with E-state index in [0.717, 1.165) is 19.4 Å². The van der Waals surface area contributed by atoms with Crippen LogP contribution in [-0.2, 0) is 9.59 Å². The van der Waals surface area contributed by atoms with Crippen LogP contribution in [0.2, 0.25) is 0 Å². The predicted octanol–water partition coefficient (Wildman–Crippen LogP) is -0.277. The van der Waals surface area contributed by atoms with Gasteiger partial charge in [0.1, 0.15) is 0 Å². The number of amides is 2. The van der Waals surface area contributed by atoms with Crippen molar-refractivity contribution in [3.63, 3.8) is 0 Å². The Bertz CT molecular complexity index is 252. The minimum atomic E-state index is -0.0650. The molecule has 0 aromatic carbocycles. The van der Waals surface area contributed by atoms with Gasteiger partial charge in [0.25, 0.3) is 0 Å². The summed E-state index contributed by atoms with van der Waals surface area (Å²) in [5.41, 5.74) is 0. The number of hydrogen-bond donors (Lipinski definition) is 2. The normalized spacial score (nSPS) is 14.6. The number of rotatable bonds is 7. The highest BCUT2D eigenvalue weighted by Crippen LogP contribution is 2.26. The van der Waals surface area contributed by atoms with E-state index in [2.05, 4.69) is 10.6 Å². The van der Waals surface area contributed by atoms with Gasteiger partial charge in [-0.25, -0.2) is 0 Å². The fraction of sp³-hybridized carbons (Fsp3) is 0.818. The maximum atomic E-state index is 11.7. The van der Waals surface area contributed by atoms with E-state index in [1.54, 1.807) is 0 Å². The van der Waals surface area contributed by atoms with Gasteiger partial charge in [0.05, 0.1) is 13.1 Å². The van der Waals surface area contributed by atoms with Crippen LogP contribution < -0.4 is 10.6 Å². The summed E-state index contributed by atoms with van der Waals surface area (Å²) < 4.78 is 0. The van der Waals surface area contributed by atoms with Crippen LogP contribution in [0.4, 0.5) is 0 Å². The quantitative estimate of drug-likeness (QED) is 0.629. The lowest BCUT2D eigenvalue weighted by Gasteiger charge is -2.20. The number of nitrogens with zero attached hydrogens (tertiary/aromatic N) is 1. The van der Waals surface area contributed by atoms with E-state index >= 15 is 0 Å². The lowest BCUT2D eigenvalue weighted by molar-refractivity contribution is -0.130. The average molecular weight is 227 g/mol. The fourth-order valence-corrected chi connectivity index (χ4v) is 1.67.